The van der Waals surface area contributed by atoms with E-state index in [1.807, 2.05) is 12.1 Å². The summed E-state index contributed by atoms with van der Waals surface area (Å²) in [6, 6.07) is 8.12. The van der Waals surface area contributed by atoms with Gasteiger partial charge in [0.25, 0.3) is 5.97 Å². The summed E-state index contributed by atoms with van der Waals surface area (Å²) in [7, 11) is 0. The maximum Gasteiger partial charge on any atom is 0.300 e. The molecule has 0 unspecified atom stereocenters. The summed E-state index contributed by atoms with van der Waals surface area (Å²) < 4.78 is 0. The maximum atomic E-state index is 9.00. The van der Waals surface area contributed by atoms with Crippen LogP contribution in [0.1, 0.15) is 68.0 Å². The van der Waals surface area contributed by atoms with Crippen LogP contribution in [0.2, 0.25) is 0 Å². The van der Waals surface area contributed by atoms with Crippen LogP contribution in [0, 0.1) is 5.41 Å². The highest BCUT2D eigenvalue weighted by molar-refractivity contribution is 6.17. The van der Waals surface area contributed by atoms with Crippen LogP contribution in [-0.2, 0) is 30.5 Å². The Hall–Kier alpha value is -2.82. The van der Waals surface area contributed by atoms with Crippen molar-refractivity contribution in [3.63, 3.8) is 0 Å². The van der Waals surface area contributed by atoms with Crippen molar-refractivity contribution in [1.82, 2.24) is 0 Å². The van der Waals surface area contributed by atoms with Gasteiger partial charge in [-0.1, -0.05) is 52.0 Å². The average Bonchev–Trinajstić information content (AvgIpc) is 2.66. The Morgan fingerprint density at radius 2 is 1.14 bits per heavy atom. The van der Waals surface area contributed by atoms with Crippen molar-refractivity contribution in [1.29, 1.82) is 5.41 Å². The number of carboxylic acids is 1. The first-order valence-electron chi connectivity index (χ1n) is 9.82. The van der Waals surface area contributed by atoms with Crippen molar-refractivity contribution >= 4 is 23.1 Å². The summed E-state index contributed by atoms with van der Waals surface area (Å²) in [5.41, 5.74) is 21.0. The summed E-state index contributed by atoms with van der Waals surface area (Å²) in [5, 5.41) is 16.1. The van der Waals surface area contributed by atoms with Gasteiger partial charge in [0.1, 0.15) is 0 Å². The molecular formula is C23H33N3O2. The van der Waals surface area contributed by atoms with Gasteiger partial charge in [-0.15, -0.1) is 0 Å². The summed E-state index contributed by atoms with van der Waals surface area (Å²) >= 11 is 0. The van der Waals surface area contributed by atoms with Crippen LogP contribution in [0.4, 0.5) is 11.4 Å². The number of rotatable bonds is 6. The highest BCUT2D eigenvalue weighted by atomic mass is 16.4. The van der Waals surface area contributed by atoms with E-state index in [0.717, 1.165) is 66.2 Å². The fraction of sp³-hybridized carbons (Fsp3) is 0.391. The molecule has 0 aliphatic carbocycles. The lowest BCUT2D eigenvalue weighted by molar-refractivity contribution is -0.134. The topological polar surface area (TPSA) is 113 Å². The van der Waals surface area contributed by atoms with E-state index >= 15 is 0 Å². The number of aryl methyl sites for hydroxylation is 2. The smallest absolute Gasteiger partial charge is 0.300 e. The Labute approximate surface area is 168 Å². The van der Waals surface area contributed by atoms with E-state index < -0.39 is 5.97 Å². The van der Waals surface area contributed by atoms with E-state index in [4.69, 9.17) is 26.8 Å². The fourth-order valence-electron chi connectivity index (χ4n) is 3.50. The molecule has 6 N–H and O–H groups in total. The molecule has 0 atom stereocenters. The number of hydrogen-bond acceptors (Lipinski definition) is 4. The third-order valence-corrected chi connectivity index (χ3v) is 4.92. The van der Waals surface area contributed by atoms with E-state index in [1.165, 1.54) is 11.1 Å². The first-order valence-corrected chi connectivity index (χ1v) is 9.82. The molecule has 5 nitrogen and oxygen atoms in total. The Bertz CT molecular complexity index is 790. The third-order valence-electron chi connectivity index (χ3n) is 4.92. The number of nitrogens with one attached hydrogen (secondary N) is 1. The molecule has 0 radical (unpaired) electrons. The van der Waals surface area contributed by atoms with Gasteiger partial charge < -0.3 is 16.6 Å². The summed E-state index contributed by atoms with van der Waals surface area (Å²) in [5.74, 6) is -0.833. The van der Waals surface area contributed by atoms with Crippen LogP contribution in [0.3, 0.4) is 0 Å². The van der Waals surface area contributed by atoms with Gasteiger partial charge >= 0.3 is 0 Å². The number of benzene rings is 2. The first kappa shape index (κ1) is 23.2. The van der Waals surface area contributed by atoms with E-state index in [9.17, 15) is 0 Å². The van der Waals surface area contributed by atoms with Crippen molar-refractivity contribution in [3.8, 4) is 0 Å². The molecule has 2 aromatic rings. The van der Waals surface area contributed by atoms with Gasteiger partial charge in [-0.05, 0) is 47.9 Å². The van der Waals surface area contributed by atoms with Crippen molar-refractivity contribution in [3.05, 3.63) is 57.6 Å². The van der Waals surface area contributed by atoms with Crippen molar-refractivity contribution < 1.29 is 9.90 Å². The fourth-order valence-corrected chi connectivity index (χ4v) is 3.50. The van der Waals surface area contributed by atoms with E-state index in [-0.39, 0.29) is 0 Å². The van der Waals surface area contributed by atoms with Crippen LogP contribution in [0.15, 0.2) is 24.3 Å². The molecule has 2 rings (SSSR count). The standard InChI is InChI=1S/C21H29N3.C2H4O2/c1-5-13-9-11-17(19(22)15(13)7-3)21(24)18-12-10-14(6-2)16(8-4)20(18)23;1-2(3)4/h9-12,24H,5-8,22-23H2,1-4H3;1H3,(H,3,4). The van der Waals surface area contributed by atoms with Crippen LogP contribution >= 0.6 is 0 Å². The third kappa shape index (κ3) is 5.12. The van der Waals surface area contributed by atoms with Crippen molar-refractivity contribution in [2.75, 3.05) is 11.5 Å². The SMILES string of the molecule is CC(=O)O.CCc1ccc(C(=N)c2ccc(CC)c(CC)c2N)c(N)c1CC. The lowest BCUT2D eigenvalue weighted by Crippen LogP contribution is -2.13. The quantitative estimate of drug-likeness (QED) is 0.431. The molecule has 0 heterocycles. The molecule has 152 valence electrons. The van der Waals surface area contributed by atoms with Crippen LogP contribution in [0.25, 0.3) is 0 Å². The van der Waals surface area contributed by atoms with Crippen LogP contribution in [-0.4, -0.2) is 16.8 Å². The summed E-state index contributed by atoms with van der Waals surface area (Å²) in [6.45, 7) is 9.57. The minimum Gasteiger partial charge on any atom is -0.481 e. The zero-order valence-corrected chi connectivity index (χ0v) is 17.6. The molecule has 0 saturated heterocycles. The predicted octanol–water partition coefficient (Wildman–Crippen LogP) is 4.61. The van der Waals surface area contributed by atoms with E-state index in [2.05, 4.69) is 39.8 Å². The highest BCUT2D eigenvalue weighted by Gasteiger charge is 2.17. The second-order valence-electron chi connectivity index (χ2n) is 6.64. The number of hydrogen-bond donors (Lipinski definition) is 4. The molecule has 0 bridgehead atoms. The van der Waals surface area contributed by atoms with Gasteiger partial charge in [-0.3, -0.25) is 10.2 Å². The summed E-state index contributed by atoms with van der Waals surface area (Å²) in [6.07, 6.45) is 3.66. The molecule has 0 aliphatic rings. The number of nitrogen functional groups attached to an aromatic ring is 2. The van der Waals surface area contributed by atoms with Crippen LogP contribution < -0.4 is 11.5 Å². The lowest BCUT2D eigenvalue weighted by atomic mass is 9.90. The number of carboxylic acid groups (broad SMARTS) is 1. The largest absolute Gasteiger partial charge is 0.481 e. The average molecular weight is 384 g/mol. The molecule has 0 aliphatic heterocycles. The predicted molar refractivity (Wildman–Crippen MR) is 118 cm³/mol. The maximum absolute atomic E-state index is 9.00. The lowest BCUT2D eigenvalue weighted by Gasteiger charge is -2.18. The van der Waals surface area contributed by atoms with Gasteiger partial charge in [-0.2, -0.15) is 0 Å². The molecule has 0 amide bonds. The Morgan fingerprint density at radius 3 is 1.39 bits per heavy atom. The minimum absolute atomic E-state index is 0.416. The van der Waals surface area contributed by atoms with E-state index in [1.54, 1.807) is 0 Å². The zero-order valence-electron chi connectivity index (χ0n) is 17.6. The summed E-state index contributed by atoms with van der Waals surface area (Å²) in [4.78, 5) is 9.00. The second-order valence-corrected chi connectivity index (χ2v) is 6.64. The number of nitrogens with two attached hydrogens (primary N) is 2. The Kier molecular flexibility index (Phi) is 8.71. The Morgan fingerprint density at radius 1 is 0.821 bits per heavy atom. The second kappa shape index (κ2) is 10.5. The van der Waals surface area contributed by atoms with E-state index in [0.29, 0.717) is 5.71 Å². The normalized spacial score (nSPS) is 10.2. The van der Waals surface area contributed by atoms with Gasteiger partial charge in [0, 0.05) is 29.4 Å². The van der Waals surface area contributed by atoms with Gasteiger partial charge in [0.15, 0.2) is 0 Å². The molecule has 28 heavy (non-hydrogen) atoms. The monoisotopic (exact) mass is 383 g/mol. The molecular weight excluding hydrogens is 350 g/mol. The Balaban J connectivity index is 0.000000892. The first-order chi connectivity index (χ1) is 13.2. The number of aliphatic carboxylic acids is 1. The number of anilines is 2. The van der Waals surface area contributed by atoms with Crippen LogP contribution in [0.5, 0.6) is 0 Å². The molecule has 0 spiro atoms. The van der Waals surface area contributed by atoms with Gasteiger partial charge in [0.2, 0.25) is 0 Å². The minimum atomic E-state index is -0.833. The molecule has 0 saturated carbocycles. The molecule has 0 aromatic heterocycles. The number of carbonyl (C=O) groups is 1. The molecule has 5 heteroatoms. The molecule has 0 fully saturated rings. The highest BCUT2D eigenvalue weighted by Crippen LogP contribution is 2.29. The van der Waals surface area contributed by atoms with Crippen molar-refractivity contribution in [2.24, 2.45) is 0 Å². The van der Waals surface area contributed by atoms with Crippen molar-refractivity contribution in [2.45, 2.75) is 60.3 Å². The molecule has 2 aromatic carbocycles. The van der Waals surface area contributed by atoms with Gasteiger partial charge in [-0.25, -0.2) is 0 Å². The zero-order chi connectivity index (χ0) is 21.4. The van der Waals surface area contributed by atoms with Gasteiger partial charge in [0.05, 0.1) is 5.71 Å².